The smallest absolute Gasteiger partial charge is 0.422 e. The molecule has 2 rings (SSSR count). The molecule has 1 aliphatic rings. The van der Waals surface area contributed by atoms with Crippen molar-refractivity contribution in [1.82, 2.24) is 21.1 Å². The molecule has 7 heteroatoms. The van der Waals surface area contributed by atoms with Gasteiger partial charge in [0.15, 0.2) is 0 Å². The Labute approximate surface area is 142 Å². The fraction of sp³-hybridized carbons (Fsp3) is 0.529. The molecule has 132 valence electrons. The van der Waals surface area contributed by atoms with Gasteiger partial charge in [-0.25, -0.2) is 10.2 Å². The van der Waals surface area contributed by atoms with Gasteiger partial charge in [-0.1, -0.05) is 12.1 Å². The van der Waals surface area contributed by atoms with E-state index in [0.29, 0.717) is 12.1 Å². The fourth-order valence-electron chi connectivity index (χ4n) is 2.39. The summed E-state index contributed by atoms with van der Waals surface area (Å²) in [6.45, 7) is 8.91. The SMILES string of the molecule is CC(C)(C)OC(=O)NNCc1cccc(C(=O)N2CCNCC2)c1. The Morgan fingerprint density at radius 2 is 1.96 bits per heavy atom. The zero-order chi connectivity index (χ0) is 17.6. The topological polar surface area (TPSA) is 82.7 Å². The number of hydrazine groups is 1. The van der Waals surface area contributed by atoms with Crippen LogP contribution in [0.2, 0.25) is 0 Å². The van der Waals surface area contributed by atoms with Crippen molar-refractivity contribution >= 4 is 12.0 Å². The minimum Gasteiger partial charge on any atom is -0.443 e. The highest BCUT2D eigenvalue weighted by Gasteiger charge is 2.18. The quantitative estimate of drug-likeness (QED) is 0.722. The summed E-state index contributed by atoms with van der Waals surface area (Å²) in [5, 5.41) is 3.23. The summed E-state index contributed by atoms with van der Waals surface area (Å²) in [6, 6.07) is 7.40. The molecule has 3 N–H and O–H groups in total. The van der Waals surface area contributed by atoms with Crippen LogP contribution in [-0.4, -0.2) is 48.7 Å². The fourth-order valence-corrected chi connectivity index (χ4v) is 2.39. The number of amides is 2. The molecule has 7 nitrogen and oxygen atoms in total. The van der Waals surface area contributed by atoms with Gasteiger partial charge >= 0.3 is 6.09 Å². The first-order valence-electron chi connectivity index (χ1n) is 8.16. The Kier molecular flexibility index (Phi) is 6.16. The number of benzene rings is 1. The average molecular weight is 334 g/mol. The molecule has 0 aliphatic carbocycles. The predicted octanol–water partition coefficient (Wildman–Crippen LogP) is 1.26. The van der Waals surface area contributed by atoms with Gasteiger partial charge in [0, 0.05) is 38.3 Å². The summed E-state index contributed by atoms with van der Waals surface area (Å²) in [6.07, 6.45) is -0.532. The number of nitrogens with one attached hydrogen (secondary N) is 3. The second-order valence-electron chi connectivity index (χ2n) is 6.72. The predicted molar refractivity (Wildman–Crippen MR) is 91.4 cm³/mol. The Hall–Kier alpha value is -2.12. The summed E-state index contributed by atoms with van der Waals surface area (Å²) in [7, 11) is 0. The highest BCUT2D eigenvalue weighted by molar-refractivity contribution is 5.94. The first kappa shape index (κ1) is 18.2. The molecule has 0 aromatic heterocycles. The van der Waals surface area contributed by atoms with Crippen LogP contribution in [0.4, 0.5) is 4.79 Å². The molecule has 24 heavy (non-hydrogen) atoms. The normalized spacial score (nSPS) is 15.0. The van der Waals surface area contributed by atoms with E-state index in [2.05, 4.69) is 16.2 Å². The van der Waals surface area contributed by atoms with Gasteiger partial charge in [-0.3, -0.25) is 10.2 Å². The van der Waals surface area contributed by atoms with Crippen LogP contribution in [0.15, 0.2) is 24.3 Å². The van der Waals surface area contributed by atoms with Crippen molar-refractivity contribution in [2.45, 2.75) is 32.9 Å². The van der Waals surface area contributed by atoms with E-state index < -0.39 is 11.7 Å². The molecule has 0 spiro atoms. The van der Waals surface area contributed by atoms with E-state index in [1.807, 2.05) is 29.2 Å². The number of ether oxygens (including phenoxy) is 1. The third-order valence-electron chi connectivity index (χ3n) is 3.46. The lowest BCUT2D eigenvalue weighted by Gasteiger charge is -2.27. The van der Waals surface area contributed by atoms with E-state index >= 15 is 0 Å². The maximum atomic E-state index is 12.5. The minimum atomic E-state index is -0.540. The highest BCUT2D eigenvalue weighted by Crippen LogP contribution is 2.10. The monoisotopic (exact) mass is 334 g/mol. The maximum Gasteiger partial charge on any atom is 0.422 e. The van der Waals surface area contributed by atoms with Gasteiger partial charge in [-0.2, -0.15) is 0 Å². The van der Waals surface area contributed by atoms with Crippen LogP contribution in [0.1, 0.15) is 36.7 Å². The molecule has 1 heterocycles. The maximum absolute atomic E-state index is 12.5. The van der Waals surface area contributed by atoms with Crippen molar-refractivity contribution in [3.63, 3.8) is 0 Å². The van der Waals surface area contributed by atoms with Gasteiger partial charge < -0.3 is 15.0 Å². The van der Waals surface area contributed by atoms with E-state index in [9.17, 15) is 9.59 Å². The average Bonchev–Trinajstić information content (AvgIpc) is 2.53. The molecular formula is C17H26N4O3. The van der Waals surface area contributed by atoms with Gasteiger partial charge in [0.05, 0.1) is 0 Å². The molecule has 0 saturated carbocycles. The lowest BCUT2D eigenvalue weighted by Crippen LogP contribution is -2.46. The van der Waals surface area contributed by atoms with Gasteiger partial charge in [-0.05, 0) is 38.5 Å². The van der Waals surface area contributed by atoms with Gasteiger partial charge in [0.25, 0.3) is 5.91 Å². The molecule has 0 atom stereocenters. The standard InChI is InChI=1S/C17H26N4O3/c1-17(2,3)24-16(23)20-19-12-13-5-4-6-14(11-13)15(22)21-9-7-18-8-10-21/h4-6,11,18-19H,7-10,12H2,1-3H3,(H,20,23). The molecular weight excluding hydrogens is 308 g/mol. The van der Waals surface area contributed by atoms with E-state index in [1.165, 1.54) is 0 Å². The molecule has 0 radical (unpaired) electrons. The van der Waals surface area contributed by atoms with E-state index in [-0.39, 0.29) is 5.91 Å². The number of nitrogens with zero attached hydrogens (tertiary/aromatic N) is 1. The van der Waals surface area contributed by atoms with Crippen LogP contribution >= 0.6 is 0 Å². The van der Waals surface area contributed by atoms with E-state index in [0.717, 1.165) is 31.7 Å². The largest absolute Gasteiger partial charge is 0.443 e. The summed E-state index contributed by atoms with van der Waals surface area (Å²) in [4.78, 5) is 25.9. The van der Waals surface area contributed by atoms with Gasteiger partial charge in [-0.15, -0.1) is 0 Å². The Morgan fingerprint density at radius 1 is 1.25 bits per heavy atom. The Morgan fingerprint density at radius 3 is 2.62 bits per heavy atom. The van der Waals surface area contributed by atoms with Crippen LogP contribution in [0.3, 0.4) is 0 Å². The number of carbonyl (C=O) groups is 2. The lowest BCUT2D eigenvalue weighted by atomic mass is 10.1. The summed E-state index contributed by atoms with van der Waals surface area (Å²) in [5.41, 5.74) is 6.32. The number of rotatable bonds is 4. The molecule has 1 aromatic rings. The van der Waals surface area contributed by atoms with Crippen LogP contribution in [0.25, 0.3) is 0 Å². The summed E-state index contributed by atoms with van der Waals surface area (Å²) < 4.78 is 5.14. The Balaban J connectivity index is 1.86. The van der Waals surface area contributed by atoms with E-state index in [4.69, 9.17) is 4.74 Å². The van der Waals surface area contributed by atoms with Crippen molar-refractivity contribution in [2.75, 3.05) is 26.2 Å². The molecule has 1 saturated heterocycles. The third-order valence-corrected chi connectivity index (χ3v) is 3.46. The molecule has 1 aromatic carbocycles. The highest BCUT2D eigenvalue weighted by atomic mass is 16.6. The van der Waals surface area contributed by atoms with Gasteiger partial charge in [0.1, 0.15) is 5.60 Å². The molecule has 0 bridgehead atoms. The molecule has 2 amide bonds. The second-order valence-corrected chi connectivity index (χ2v) is 6.72. The first-order valence-corrected chi connectivity index (χ1v) is 8.16. The lowest BCUT2D eigenvalue weighted by molar-refractivity contribution is 0.0496. The minimum absolute atomic E-state index is 0.0402. The Bertz CT molecular complexity index is 577. The number of piperazine rings is 1. The first-order chi connectivity index (χ1) is 11.3. The molecule has 0 unspecified atom stereocenters. The van der Waals surface area contributed by atoms with E-state index in [1.54, 1.807) is 20.8 Å². The van der Waals surface area contributed by atoms with Crippen LogP contribution in [0, 0.1) is 0 Å². The van der Waals surface area contributed by atoms with Crippen LogP contribution < -0.4 is 16.2 Å². The van der Waals surface area contributed by atoms with Crippen molar-refractivity contribution in [1.29, 1.82) is 0 Å². The number of hydrogen-bond acceptors (Lipinski definition) is 5. The van der Waals surface area contributed by atoms with Crippen molar-refractivity contribution in [2.24, 2.45) is 0 Å². The van der Waals surface area contributed by atoms with Crippen LogP contribution in [0.5, 0.6) is 0 Å². The van der Waals surface area contributed by atoms with Crippen molar-refractivity contribution < 1.29 is 14.3 Å². The zero-order valence-corrected chi connectivity index (χ0v) is 14.5. The van der Waals surface area contributed by atoms with Gasteiger partial charge in [0.2, 0.25) is 0 Å². The number of carbonyl (C=O) groups excluding carboxylic acids is 2. The number of hydrogen-bond donors (Lipinski definition) is 3. The summed E-state index contributed by atoms with van der Waals surface area (Å²) >= 11 is 0. The van der Waals surface area contributed by atoms with Crippen LogP contribution in [-0.2, 0) is 11.3 Å². The third kappa shape index (κ3) is 5.82. The van der Waals surface area contributed by atoms with Crippen molar-refractivity contribution in [3.05, 3.63) is 35.4 Å². The molecule has 1 fully saturated rings. The summed E-state index contributed by atoms with van der Waals surface area (Å²) in [5.74, 6) is 0.0402. The zero-order valence-electron chi connectivity index (χ0n) is 14.5. The molecule has 1 aliphatic heterocycles. The van der Waals surface area contributed by atoms with Crippen molar-refractivity contribution in [3.8, 4) is 0 Å². The second kappa shape index (κ2) is 8.12.